The molecule has 3 N–H and O–H groups in total. The number of hydrazine groups is 1. The van der Waals surface area contributed by atoms with Crippen LogP contribution in [0.2, 0.25) is 0 Å². The largest absolute Gasteiger partial charge is 0.307 e. The Kier molecular flexibility index (Phi) is 4.21. The summed E-state index contributed by atoms with van der Waals surface area (Å²) in [6.45, 7) is 2.09. The van der Waals surface area contributed by atoms with E-state index in [9.17, 15) is 8.42 Å². The van der Waals surface area contributed by atoms with Crippen LogP contribution in [0.25, 0.3) is 0 Å². The maximum Gasteiger partial charge on any atom is 0.268 e. The minimum absolute atomic E-state index is 0.0493. The molecule has 0 atom stereocenters. The number of nitrogen functional groups attached to an aromatic ring is 1. The Hall–Kier alpha value is -2.12. The van der Waals surface area contributed by atoms with Crippen molar-refractivity contribution in [3.8, 4) is 0 Å². The normalized spacial score (nSPS) is 11.1. The quantitative estimate of drug-likeness (QED) is 0.645. The molecule has 0 unspecified atom stereocenters. The topological polar surface area (TPSA) is 88.3 Å². The molecule has 1 aromatic heterocycles. The maximum absolute atomic E-state index is 12.7. The molecule has 0 spiro atoms. The van der Waals surface area contributed by atoms with Crippen LogP contribution in [0, 0.1) is 0 Å². The van der Waals surface area contributed by atoms with Crippen LogP contribution in [-0.4, -0.2) is 19.9 Å². The Bertz CT molecular complexity index is 674. The first-order valence-corrected chi connectivity index (χ1v) is 7.54. The molecule has 0 aliphatic rings. The number of pyridine rings is 1. The smallest absolute Gasteiger partial charge is 0.268 e. The predicted molar refractivity (Wildman–Crippen MR) is 78.7 cm³/mol. The number of anilines is 2. The van der Waals surface area contributed by atoms with E-state index in [4.69, 9.17) is 5.84 Å². The van der Waals surface area contributed by atoms with Crippen molar-refractivity contribution in [2.24, 2.45) is 5.84 Å². The average Bonchev–Trinajstić information content (AvgIpc) is 2.48. The zero-order chi connectivity index (χ0) is 14.6. The fraction of sp³-hybridized carbons (Fsp3) is 0.154. The van der Waals surface area contributed by atoms with Gasteiger partial charge in [0.2, 0.25) is 0 Å². The molecule has 0 aliphatic carbocycles. The second-order valence-corrected chi connectivity index (χ2v) is 5.83. The zero-order valence-electron chi connectivity index (χ0n) is 11.0. The number of nitrogens with one attached hydrogen (secondary N) is 1. The lowest BCUT2D eigenvalue weighted by atomic mass is 10.3. The summed E-state index contributed by atoms with van der Waals surface area (Å²) in [5, 5.41) is 0. The number of nitrogens with zero attached hydrogens (tertiary/aromatic N) is 2. The van der Waals surface area contributed by atoms with Gasteiger partial charge < -0.3 is 5.43 Å². The van der Waals surface area contributed by atoms with E-state index in [1.54, 1.807) is 37.3 Å². The van der Waals surface area contributed by atoms with Gasteiger partial charge in [-0.15, -0.1) is 0 Å². The van der Waals surface area contributed by atoms with E-state index in [2.05, 4.69) is 10.4 Å². The van der Waals surface area contributed by atoms with Crippen molar-refractivity contribution in [3.63, 3.8) is 0 Å². The zero-order valence-corrected chi connectivity index (χ0v) is 11.8. The van der Waals surface area contributed by atoms with Crippen LogP contribution in [0.15, 0.2) is 53.6 Å². The highest BCUT2D eigenvalue weighted by Crippen LogP contribution is 2.26. The molecule has 0 aliphatic heterocycles. The molecule has 6 nitrogen and oxygen atoms in total. The molecule has 1 aromatic carbocycles. The minimum Gasteiger partial charge on any atom is -0.307 e. The Balaban J connectivity index is 2.53. The van der Waals surface area contributed by atoms with Gasteiger partial charge in [0.1, 0.15) is 4.90 Å². The highest BCUT2D eigenvalue weighted by Gasteiger charge is 2.26. The molecule has 1 heterocycles. The summed E-state index contributed by atoms with van der Waals surface area (Å²) in [5.41, 5.74) is 2.91. The van der Waals surface area contributed by atoms with Crippen LogP contribution in [0.4, 0.5) is 11.5 Å². The van der Waals surface area contributed by atoms with E-state index in [1.165, 1.54) is 16.6 Å². The fourth-order valence-electron chi connectivity index (χ4n) is 1.91. The van der Waals surface area contributed by atoms with Gasteiger partial charge in [0.25, 0.3) is 10.0 Å². The molecule has 7 heteroatoms. The molecule has 0 radical (unpaired) electrons. The summed E-state index contributed by atoms with van der Waals surface area (Å²) >= 11 is 0. The van der Waals surface area contributed by atoms with Crippen LogP contribution in [0.5, 0.6) is 0 Å². The second-order valence-electron chi connectivity index (χ2n) is 4.00. The summed E-state index contributed by atoms with van der Waals surface area (Å²) in [4.78, 5) is 3.98. The Morgan fingerprint density at radius 3 is 2.50 bits per heavy atom. The first kappa shape index (κ1) is 14.3. The maximum atomic E-state index is 12.7. The Morgan fingerprint density at radius 1 is 1.20 bits per heavy atom. The van der Waals surface area contributed by atoms with Crippen LogP contribution in [0.1, 0.15) is 6.92 Å². The number of hydrogen-bond acceptors (Lipinski definition) is 5. The highest BCUT2D eigenvalue weighted by atomic mass is 32.2. The number of nitrogens with two attached hydrogens (primary N) is 1. The van der Waals surface area contributed by atoms with E-state index in [0.29, 0.717) is 12.2 Å². The predicted octanol–water partition coefficient (Wildman–Crippen LogP) is 1.58. The molecule has 0 saturated carbocycles. The van der Waals surface area contributed by atoms with Crippen molar-refractivity contribution in [1.29, 1.82) is 0 Å². The summed E-state index contributed by atoms with van der Waals surface area (Å²) in [5.74, 6) is 5.46. The van der Waals surface area contributed by atoms with E-state index >= 15 is 0 Å². The number of hydrogen-bond donors (Lipinski definition) is 2. The van der Waals surface area contributed by atoms with Gasteiger partial charge in [-0.25, -0.2) is 19.2 Å². The van der Waals surface area contributed by atoms with E-state index in [-0.39, 0.29) is 10.7 Å². The molecular formula is C13H16N4O2S. The van der Waals surface area contributed by atoms with E-state index in [1.807, 2.05) is 6.07 Å². The lowest BCUT2D eigenvalue weighted by Gasteiger charge is -2.23. The van der Waals surface area contributed by atoms with Crippen LogP contribution in [-0.2, 0) is 10.0 Å². The van der Waals surface area contributed by atoms with Gasteiger partial charge in [-0.05, 0) is 31.2 Å². The third kappa shape index (κ3) is 2.59. The third-order valence-corrected chi connectivity index (χ3v) is 4.74. The lowest BCUT2D eigenvalue weighted by molar-refractivity contribution is 0.592. The molecule has 2 aromatic rings. The summed E-state index contributed by atoms with van der Waals surface area (Å²) in [6.07, 6.45) is 1.48. The van der Waals surface area contributed by atoms with Gasteiger partial charge in [-0.1, -0.05) is 18.2 Å². The van der Waals surface area contributed by atoms with Crippen molar-refractivity contribution >= 4 is 21.5 Å². The van der Waals surface area contributed by atoms with Gasteiger partial charge in [0.15, 0.2) is 5.82 Å². The number of sulfonamides is 1. The average molecular weight is 292 g/mol. The number of rotatable bonds is 5. The lowest BCUT2D eigenvalue weighted by Crippen LogP contribution is -2.31. The van der Waals surface area contributed by atoms with Crippen LogP contribution >= 0.6 is 0 Å². The molecule has 0 fully saturated rings. The van der Waals surface area contributed by atoms with E-state index < -0.39 is 10.0 Å². The van der Waals surface area contributed by atoms with Gasteiger partial charge in [-0.3, -0.25) is 4.31 Å². The first-order valence-electron chi connectivity index (χ1n) is 6.10. The summed E-state index contributed by atoms with van der Waals surface area (Å²) in [7, 11) is -3.72. The van der Waals surface area contributed by atoms with Crippen molar-refractivity contribution < 1.29 is 8.42 Å². The first-order chi connectivity index (χ1) is 9.61. The number of benzene rings is 1. The van der Waals surface area contributed by atoms with Crippen molar-refractivity contribution in [2.45, 2.75) is 11.8 Å². The molecule has 106 valence electrons. The van der Waals surface area contributed by atoms with Crippen molar-refractivity contribution in [1.82, 2.24) is 4.98 Å². The molecule has 0 bridgehead atoms. The highest BCUT2D eigenvalue weighted by molar-refractivity contribution is 7.93. The fourth-order valence-corrected chi connectivity index (χ4v) is 3.49. The Morgan fingerprint density at radius 2 is 1.90 bits per heavy atom. The number of aromatic nitrogens is 1. The summed E-state index contributed by atoms with van der Waals surface area (Å²) < 4.78 is 26.8. The van der Waals surface area contributed by atoms with Gasteiger partial charge in [0, 0.05) is 12.7 Å². The minimum atomic E-state index is -3.72. The molecule has 2 rings (SSSR count). The monoisotopic (exact) mass is 292 g/mol. The van der Waals surface area contributed by atoms with Gasteiger partial charge in [-0.2, -0.15) is 0 Å². The van der Waals surface area contributed by atoms with Crippen LogP contribution in [0.3, 0.4) is 0 Å². The van der Waals surface area contributed by atoms with E-state index in [0.717, 1.165) is 0 Å². The van der Waals surface area contributed by atoms with Crippen molar-refractivity contribution in [2.75, 3.05) is 16.3 Å². The van der Waals surface area contributed by atoms with Crippen molar-refractivity contribution in [3.05, 3.63) is 48.7 Å². The van der Waals surface area contributed by atoms with Gasteiger partial charge >= 0.3 is 0 Å². The molecule has 20 heavy (non-hydrogen) atoms. The second kappa shape index (κ2) is 5.89. The Labute approximate surface area is 118 Å². The molecule has 0 saturated heterocycles. The van der Waals surface area contributed by atoms with Crippen LogP contribution < -0.4 is 15.6 Å². The third-order valence-electron chi connectivity index (χ3n) is 2.81. The van der Waals surface area contributed by atoms with Gasteiger partial charge in [0.05, 0.1) is 5.69 Å². The SMILES string of the molecule is CCN(c1ccccc1)S(=O)(=O)c1cccnc1NN. The summed E-state index contributed by atoms with van der Waals surface area (Å²) in [6, 6.07) is 11.9. The molecule has 0 amide bonds. The molecular weight excluding hydrogens is 276 g/mol. The standard InChI is InChI=1S/C13H16N4O2S/c1-2-17(11-7-4-3-5-8-11)20(18,19)12-9-6-10-15-13(12)16-14/h3-10H,2,14H2,1H3,(H,15,16). The number of para-hydroxylation sites is 1.